The number of nitrogens with one attached hydrogen (secondary N) is 1. The summed E-state index contributed by atoms with van der Waals surface area (Å²) in [6.45, 7) is 2.05. The van der Waals surface area contributed by atoms with Gasteiger partial charge in [-0.05, 0) is 25.7 Å². The third kappa shape index (κ3) is 5.96. The Labute approximate surface area is 107 Å². The molecule has 1 atom stereocenters. The average Bonchev–Trinajstić information content (AvgIpc) is 2.29. The van der Waals surface area contributed by atoms with Gasteiger partial charge >= 0.3 is 5.97 Å². The van der Waals surface area contributed by atoms with Crippen LogP contribution in [0.15, 0.2) is 0 Å². The molecule has 5 heteroatoms. The number of hydrogen-bond acceptors (Lipinski definition) is 3. The Hall–Kier alpha value is -0.710. The molecule has 0 heterocycles. The molecule has 1 aliphatic carbocycles. The predicted molar refractivity (Wildman–Crippen MR) is 69.1 cm³/mol. The molecule has 0 aromatic heterocycles. The van der Waals surface area contributed by atoms with Crippen LogP contribution in [-0.4, -0.2) is 34.5 Å². The molecule has 1 unspecified atom stereocenters. The summed E-state index contributed by atoms with van der Waals surface area (Å²) in [5.74, 6) is -0.0937. The van der Waals surface area contributed by atoms with Crippen molar-refractivity contribution < 1.29 is 14.7 Å². The van der Waals surface area contributed by atoms with Gasteiger partial charge in [-0.2, -0.15) is 0 Å². The Morgan fingerprint density at radius 3 is 2.53 bits per heavy atom. The molecule has 1 saturated carbocycles. The Morgan fingerprint density at radius 2 is 1.94 bits per heavy atom. The van der Waals surface area contributed by atoms with E-state index in [0.717, 1.165) is 11.8 Å². The summed E-state index contributed by atoms with van der Waals surface area (Å²) in [4.78, 5) is 21.9. The Morgan fingerprint density at radius 1 is 1.29 bits per heavy atom. The van der Waals surface area contributed by atoms with Crippen molar-refractivity contribution in [2.45, 2.75) is 45.1 Å². The van der Waals surface area contributed by atoms with E-state index >= 15 is 0 Å². The van der Waals surface area contributed by atoms with Gasteiger partial charge in [0.15, 0.2) is 0 Å². The summed E-state index contributed by atoms with van der Waals surface area (Å²) in [6, 6.07) is 0.216. The van der Waals surface area contributed by atoms with E-state index in [-0.39, 0.29) is 23.5 Å². The van der Waals surface area contributed by atoms with Crippen LogP contribution in [-0.2, 0) is 9.59 Å². The Bertz CT molecular complexity index is 264. The lowest BCUT2D eigenvalue weighted by molar-refractivity contribution is -0.133. The first-order valence-corrected chi connectivity index (χ1v) is 7.34. The molecular formula is C12H21NO3S. The number of rotatable bonds is 6. The lowest BCUT2D eigenvalue weighted by Crippen LogP contribution is -2.39. The Kier molecular flexibility index (Phi) is 6.40. The van der Waals surface area contributed by atoms with E-state index in [2.05, 4.69) is 12.2 Å². The minimum Gasteiger partial charge on any atom is -0.481 e. The molecule has 0 bridgehead atoms. The fraction of sp³-hybridized carbons (Fsp3) is 0.833. The normalized spacial score (nSPS) is 18.6. The summed E-state index contributed by atoms with van der Waals surface area (Å²) in [7, 11) is 0. The zero-order valence-corrected chi connectivity index (χ0v) is 11.1. The largest absolute Gasteiger partial charge is 0.481 e. The van der Waals surface area contributed by atoms with Crippen molar-refractivity contribution in [1.82, 2.24) is 5.32 Å². The predicted octanol–water partition coefficient (Wildman–Crippen LogP) is 1.89. The smallest absolute Gasteiger partial charge is 0.313 e. The van der Waals surface area contributed by atoms with Crippen LogP contribution in [0.25, 0.3) is 0 Å². The molecule has 0 aliphatic heterocycles. The molecule has 0 aromatic carbocycles. The maximum atomic E-state index is 11.6. The molecular weight excluding hydrogens is 238 g/mol. The summed E-state index contributed by atoms with van der Waals surface area (Å²) in [5, 5.41) is 11.4. The molecule has 98 valence electrons. The molecule has 0 radical (unpaired) electrons. The summed E-state index contributed by atoms with van der Waals surface area (Å²) in [6.07, 6.45) is 6.23. The van der Waals surface area contributed by atoms with Gasteiger partial charge in [-0.15, -0.1) is 11.8 Å². The molecule has 1 rings (SSSR count). The number of amides is 1. The molecule has 4 nitrogen and oxygen atoms in total. The first-order chi connectivity index (χ1) is 8.09. The van der Waals surface area contributed by atoms with Crippen molar-refractivity contribution in [2.24, 2.45) is 5.92 Å². The van der Waals surface area contributed by atoms with E-state index in [1.807, 2.05) is 0 Å². The zero-order valence-electron chi connectivity index (χ0n) is 10.3. The first-order valence-electron chi connectivity index (χ1n) is 6.18. The number of carbonyl (C=O) groups is 2. The van der Waals surface area contributed by atoms with Gasteiger partial charge in [0.05, 0.1) is 11.5 Å². The van der Waals surface area contributed by atoms with Gasteiger partial charge in [-0.3, -0.25) is 9.59 Å². The van der Waals surface area contributed by atoms with E-state index in [4.69, 9.17) is 5.11 Å². The van der Waals surface area contributed by atoms with E-state index in [1.54, 1.807) is 0 Å². The lowest BCUT2D eigenvalue weighted by atomic mass is 9.84. The van der Waals surface area contributed by atoms with E-state index in [9.17, 15) is 9.59 Å². The highest BCUT2D eigenvalue weighted by Gasteiger charge is 2.21. The fourth-order valence-corrected chi connectivity index (χ4v) is 2.82. The third-order valence-corrected chi connectivity index (χ3v) is 4.12. The number of carbonyl (C=O) groups excluding carboxylic acids is 1. The Balaban J connectivity index is 2.18. The highest BCUT2D eigenvalue weighted by molar-refractivity contribution is 8.00. The van der Waals surface area contributed by atoms with Gasteiger partial charge in [0, 0.05) is 6.04 Å². The van der Waals surface area contributed by atoms with Crippen LogP contribution in [0.3, 0.4) is 0 Å². The highest BCUT2D eigenvalue weighted by atomic mass is 32.2. The van der Waals surface area contributed by atoms with Gasteiger partial charge in [0.25, 0.3) is 0 Å². The van der Waals surface area contributed by atoms with Gasteiger partial charge in [0.1, 0.15) is 0 Å². The third-order valence-electron chi connectivity index (χ3n) is 3.20. The summed E-state index contributed by atoms with van der Waals surface area (Å²) < 4.78 is 0. The second-order valence-corrected chi connectivity index (χ2v) is 5.63. The zero-order chi connectivity index (χ0) is 12.7. The van der Waals surface area contributed by atoms with Gasteiger partial charge in [-0.25, -0.2) is 0 Å². The SMILES string of the molecule is CC(NC(=O)CSCC(=O)O)C1CCCCC1. The molecule has 0 saturated heterocycles. The van der Waals surface area contributed by atoms with Crippen LogP contribution >= 0.6 is 11.8 Å². The quantitative estimate of drug-likeness (QED) is 0.764. The molecule has 0 spiro atoms. The number of hydrogen-bond donors (Lipinski definition) is 2. The van der Waals surface area contributed by atoms with Crippen LogP contribution in [0.1, 0.15) is 39.0 Å². The van der Waals surface area contributed by atoms with Crippen LogP contribution in [0.2, 0.25) is 0 Å². The van der Waals surface area contributed by atoms with Gasteiger partial charge < -0.3 is 10.4 Å². The highest BCUT2D eigenvalue weighted by Crippen LogP contribution is 2.26. The summed E-state index contributed by atoms with van der Waals surface area (Å²) in [5.41, 5.74) is 0. The second kappa shape index (κ2) is 7.58. The second-order valence-electron chi connectivity index (χ2n) is 4.64. The average molecular weight is 259 g/mol. The molecule has 17 heavy (non-hydrogen) atoms. The monoisotopic (exact) mass is 259 g/mol. The van der Waals surface area contributed by atoms with E-state index < -0.39 is 5.97 Å². The molecule has 2 N–H and O–H groups in total. The van der Waals surface area contributed by atoms with Crippen LogP contribution in [0, 0.1) is 5.92 Å². The fourth-order valence-electron chi connectivity index (χ4n) is 2.28. The van der Waals surface area contributed by atoms with Crippen LogP contribution in [0.4, 0.5) is 0 Å². The van der Waals surface area contributed by atoms with Crippen LogP contribution < -0.4 is 5.32 Å². The topological polar surface area (TPSA) is 66.4 Å². The molecule has 1 amide bonds. The van der Waals surface area contributed by atoms with Crippen LogP contribution in [0.5, 0.6) is 0 Å². The van der Waals surface area contributed by atoms with E-state index in [1.165, 1.54) is 32.1 Å². The van der Waals surface area contributed by atoms with Crippen molar-refractivity contribution in [3.05, 3.63) is 0 Å². The van der Waals surface area contributed by atoms with Crippen molar-refractivity contribution >= 4 is 23.6 Å². The maximum absolute atomic E-state index is 11.6. The van der Waals surface area contributed by atoms with Gasteiger partial charge in [0.2, 0.25) is 5.91 Å². The number of carboxylic acid groups (broad SMARTS) is 1. The summed E-state index contributed by atoms with van der Waals surface area (Å²) >= 11 is 1.15. The van der Waals surface area contributed by atoms with E-state index in [0.29, 0.717) is 5.92 Å². The number of aliphatic carboxylic acids is 1. The van der Waals surface area contributed by atoms with Crippen molar-refractivity contribution in [1.29, 1.82) is 0 Å². The number of carboxylic acids is 1. The standard InChI is InChI=1S/C12H21NO3S/c1-9(10-5-3-2-4-6-10)13-11(14)7-17-8-12(15)16/h9-10H,2-8H2,1H3,(H,13,14)(H,15,16). The molecule has 0 aromatic rings. The maximum Gasteiger partial charge on any atom is 0.313 e. The minimum atomic E-state index is -0.872. The lowest BCUT2D eigenvalue weighted by Gasteiger charge is -2.28. The van der Waals surface area contributed by atoms with Crippen molar-refractivity contribution in [2.75, 3.05) is 11.5 Å². The van der Waals surface area contributed by atoms with Crippen molar-refractivity contribution in [3.8, 4) is 0 Å². The molecule has 1 aliphatic rings. The van der Waals surface area contributed by atoms with Crippen molar-refractivity contribution in [3.63, 3.8) is 0 Å². The minimum absolute atomic E-state index is 0.00870. The van der Waals surface area contributed by atoms with Gasteiger partial charge in [-0.1, -0.05) is 19.3 Å². The first kappa shape index (κ1) is 14.4. The number of thioether (sulfide) groups is 1. The molecule has 1 fully saturated rings.